The summed E-state index contributed by atoms with van der Waals surface area (Å²) in [7, 11) is -9.17. The van der Waals surface area contributed by atoms with E-state index < -0.39 is 21.7 Å². The molecule has 0 aliphatic rings. The lowest BCUT2D eigenvalue weighted by Crippen LogP contribution is -2.15. The molecular formula is C19H44O10P2. The van der Waals surface area contributed by atoms with Crippen molar-refractivity contribution in [3.8, 4) is 0 Å². The fourth-order valence-corrected chi connectivity index (χ4v) is 4.59. The maximum atomic E-state index is 12.3. The first-order chi connectivity index (χ1) is 14.6. The number of hydrogen-bond donors (Lipinski definition) is 5. The van der Waals surface area contributed by atoms with Crippen molar-refractivity contribution in [2.75, 3.05) is 26.4 Å². The summed E-state index contributed by atoms with van der Waals surface area (Å²) in [5.41, 5.74) is 0. The van der Waals surface area contributed by atoms with Crippen LogP contribution in [0.3, 0.4) is 0 Å². The minimum absolute atomic E-state index is 0.0971. The number of phosphoric ester groups is 1. The molecule has 0 bridgehead atoms. The van der Waals surface area contributed by atoms with E-state index in [-0.39, 0.29) is 26.4 Å². The summed E-state index contributed by atoms with van der Waals surface area (Å²) in [6.45, 7) is 3.74. The summed E-state index contributed by atoms with van der Waals surface area (Å²) in [4.78, 5) is 17.8. The van der Waals surface area contributed by atoms with Gasteiger partial charge in [0.05, 0.1) is 26.4 Å². The Bertz CT molecular complexity index is 447. The van der Waals surface area contributed by atoms with Gasteiger partial charge >= 0.3 is 15.6 Å². The summed E-state index contributed by atoms with van der Waals surface area (Å²) in [5.74, 6) is 0. The summed E-state index contributed by atoms with van der Waals surface area (Å²) in [5, 5.41) is 24.0. The normalized spacial score (nSPS) is 12.1. The zero-order chi connectivity index (χ0) is 24.0. The number of aliphatic hydroxyl groups excluding tert-OH is 3. The van der Waals surface area contributed by atoms with Crippen molar-refractivity contribution in [1.82, 2.24) is 0 Å². The molecule has 0 saturated heterocycles. The molecule has 0 aliphatic carbocycles. The number of unbranched alkanes of at least 4 members (excludes halogenated alkanes) is 10. The van der Waals surface area contributed by atoms with Crippen LogP contribution < -0.4 is 0 Å². The third-order valence-electron chi connectivity index (χ3n) is 4.12. The second-order valence-electron chi connectivity index (χ2n) is 7.24. The monoisotopic (exact) mass is 494 g/mol. The van der Waals surface area contributed by atoms with E-state index >= 15 is 0 Å². The predicted molar refractivity (Wildman–Crippen MR) is 120 cm³/mol. The highest BCUT2D eigenvalue weighted by Gasteiger charge is 2.35. The second-order valence-corrected chi connectivity index (χ2v) is 10.3. The molecular weight excluding hydrogens is 450 g/mol. The highest BCUT2D eigenvalue weighted by molar-refractivity contribution is 7.61. The molecule has 31 heavy (non-hydrogen) atoms. The summed E-state index contributed by atoms with van der Waals surface area (Å²) < 4.78 is 37.8. The maximum absolute atomic E-state index is 12.3. The Morgan fingerprint density at radius 3 is 1.32 bits per heavy atom. The molecule has 0 atom stereocenters. The highest BCUT2D eigenvalue weighted by Crippen LogP contribution is 2.61. The third-order valence-corrected chi connectivity index (χ3v) is 6.77. The molecule has 0 aromatic heterocycles. The van der Waals surface area contributed by atoms with Crippen LogP contribution in [0.4, 0.5) is 0 Å². The number of hydrogen-bond acceptors (Lipinski definition) is 8. The number of aliphatic hydroxyl groups is 3. The fourth-order valence-electron chi connectivity index (χ4n) is 2.39. The quantitative estimate of drug-likeness (QED) is 0.122. The first kappa shape index (κ1) is 33.3. The topological polar surface area (TPSA) is 163 Å². The SMILES string of the molecule is CCCCCCCCOP(=O)(OCCCCCCCC)OP(=O)(O)O.OCC(O)CO. The van der Waals surface area contributed by atoms with Crippen LogP contribution in [0, 0.1) is 0 Å². The lowest BCUT2D eigenvalue weighted by atomic mass is 10.1. The first-order valence-corrected chi connectivity index (χ1v) is 14.2. The van der Waals surface area contributed by atoms with Gasteiger partial charge in [0, 0.05) is 0 Å². The van der Waals surface area contributed by atoms with Gasteiger partial charge in [-0.3, -0.25) is 9.05 Å². The van der Waals surface area contributed by atoms with Crippen LogP contribution in [0.1, 0.15) is 90.9 Å². The van der Waals surface area contributed by atoms with Crippen molar-refractivity contribution in [1.29, 1.82) is 0 Å². The van der Waals surface area contributed by atoms with Gasteiger partial charge < -0.3 is 25.1 Å². The van der Waals surface area contributed by atoms with Gasteiger partial charge in [0.25, 0.3) is 0 Å². The summed E-state index contributed by atoms with van der Waals surface area (Å²) >= 11 is 0. The number of rotatable bonds is 20. The fraction of sp³-hybridized carbons (Fsp3) is 1.00. The molecule has 0 rings (SSSR count). The van der Waals surface area contributed by atoms with Gasteiger partial charge in [-0.25, -0.2) is 9.13 Å². The van der Waals surface area contributed by atoms with E-state index in [1.54, 1.807) is 0 Å². The van der Waals surface area contributed by atoms with Gasteiger partial charge in [-0.1, -0.05) is 78.1 Å². The van der Waals surface area contributed by atoms with Crippen molar-refractivity contribution < 1.29 is 47.6 Å². The lowest BCUT2D eigenvalue weighted by Gasteiger charge is -2.18. The zero-order valence-corrected chi connectivity index (χ0v) is 20.9. The Kier molecular flexibility index (Phi) is 23.6. The van der Waals surface area contributed by atoms with Crippen LogP contribution >= 0.6 is 15.6 Å². The van der Waals surface area contributed by atoms with E-state index in [0.717, 1.165) is 51.4 Å². The molecule has 10 nitrogen and oxygen atoms in total. The molecule has 5 N–H and O–H groups in total. The second kappa shape index (κ2) is 22.0. The largest absolute Gasteiger partial charge is 0.483 e. The third kappa shape index (κ3) is 26.3. The summed E-state index contributed by atoms with van der Waals surface area (Å²) in [6.07, 6.45) is 11.2. The minimum atomic E-state index is -4.94. The minimum Gasteiger partial charge on any atom is -0.394 e. The van der Waals surface area contributed by atoms with E-state index in [0.29, 0.717) is 12.8 Å². The molecule has 0 spiro atoms. The zero-order valence-electron chi connectivity index (χ0n) is 19.1. The van der Waals surface area contributed by atoms with Crippen LogP contribution in [0.15, 0.2) is 0 Å². The van der Waals surface area contributed by atoms with Crippen LogP contribution in [0.2, 0.25) is 0 Å². The molecule has 0 heterocycles. The van der Waals surface area contributed by atoms with Crippen LogP contribution in [-0.2, 0) is 22.5 Å². The Hall–Kier alpha value is 0.140. The molecule has 0 saturated carbocycles. The van der Waals surface area contributed by atoms with E-state index in [1.807, 2.05) is 0 Å². The van der Waals surface area contributed by atoms with Gasteiger partial charge in [-0.05, 0) is 12.8 Å². The Morgan fingerprint density at radius 2 is 1.03 bits per heavy atom. The van der Waals surface area contributed by atoms with Crippen LogP contribution in [0.5, 0.6) is 0 Å². The van der Waals surface area contributed by atoms with Gasteiger partial charge in [0.1, 0.15) is 6.10 Å². The molecule has 0 aliphatic heterocycles. The first-order valence-electron chi connectivity index (χ1n) is 11.2. The van der Waals surface area contributed by atoms with Crippen LogP contribution in [-0.4, -0.2) is 57.6 Å². The van der Waals surface area contributed by atoms with Gasteiger partial charge in [-0.15, -0.1) is 0 Å². The van der Waals surface area contributed by atoms with Crippen molar-refractivity contribution in [3.05, 3.63) is 0 Å². The average molecular weight is 494 g/mol. The average Bonchev–Trinajstić information content (AvgIpc) is 2.71. The Labute approximate surface area is 187 Å². The highest BCUT2D eigenvalue weighted by atomic mass is 31.3. The Morgan fingerprint density at radius 1 is 0.677 bits per heavy atom. The van der Waals surface area contributed by atoms with Crippen molar-refractivity contribution in [2.24, 2.45) is 0 Å². The molecule has 0 radical (unpaired) electrons. The van der Waals surface area contributed by atoms with Crippen LogP contribution in [0.25, 0.3) is 0 Å². The lowest BCUT2D eigenvalue weighted by molar-refractivity contribution is 0.0450. The van der Waals surface area contributed by atoms with Gasteiger partial charge in [-0.2, -0.15) is 4.31 Å². The molecule has 0 aromatic carbocycles. The van der Waals surface area contributed by atoms with Crippen molar-refractivity contribution in [3.63, 3.8) is 0 Å². The Balaban J connectivity index is 0. The van der Waals surface area contributed by atoms with Crippen molar-refractivity contribution >= 4 is 15.6 Å². The molecule has 12 heteroatoms. The molecule has 0 fully saturated rings. The maximum Gasteiger partial charge on any atom is 0.483 e. The summed E-state index contributed by atoms with van der Waals surface area (Å²) in [6, 6.07) is 0. The smallest absolute Gasteiger partial charge is 0.394 e. The van der Waals surface area contributed by atoms with E-state index in [4.69, 9.17) is 34.2 Å². The van der Waals surface area contributed by atoms with E-state index in [9.17, 15) is 9.13 Å². The molecule has 0 aromatic rings. The molecule has 0 amide bonds. The van der Waals surface area contributed by atoms with Crippen molar-refractivity contribution in [2.45, 2.75) is 97.0 Å². The van der Waals surface area contributed by atoms with E-state index in [2.05, 4.69) is 18.2 Å². The van der Waals surface area contributed by atoms with Gasteiger partial charge in [0.2, 0.25) is 0 Å². The number of phosphoric acid groups is 2. The predicted octanol–water partition coefficient (Wildman–Crippen LogP) is 4.29. The molecule has 0 unspecified atom stereocenters. The standard InChI is InChI=1S/C16H36O7P2.C3H8O3/c1-3-5-7-9-11-13-15-21-25(20,23-24(17,18)19)22-16-14-12-10-8-6-4-2;4-1-3(6)2-5/h3-16H2,1-2H3,(H2,17,18,19);3-6H,1-2H2. The van der Waals surface area contributed by atoms with E-state index in [1.165, 1.54) is 12.8 Å². The van der Waals surface area contributed by atoms with Gasteiger partial charge in [0.15, 0.2) is 0 Å². The molecule has 190 valence electrons.